The number of pyridine rings is 1. The van der Waals surface area contributed by atoms with Gasteiger partial charge < -0.3 is 0 Å². The normalized spacial score (nSPS) is 15.5. The van der Waals surface area contributed by atoms with E-state index in [0.717, 1.165) is 24.8 Å². The van der Waals surface area contributed by atoms with E-state index in [-0.39, 0.29) is 5.78 Å². The molecule has 0 saturated carbocycles. The second kappa shape index (κ2) is 3.52. The third-order valence-corrected chi connectivity index (χ3v) is 2.26. The lowest BCUT2D eigenvalue weighted by Gasteiger charge is -1.99. The number of ketones is 1. The molecule has 0 radical (unpaired) electrons. The first kappa shape index (κ1) is 8.17. The molecule has 0 amide bonds. The van der Waals surface area contributed by atoms with Crippen molar-refractivity contribution in [3.8, 4) is 0 Å². The molecule has 1 aliphatic rings. The van der Waals surface area contributed by atoms with E-state index in [1.165, 1.54) is 0 Å². The minimum Gasteiger partial charge on any atom is -0.289 e. The molecule has 0 atom stereocenters. The van der Waals surface area contributed by atoms with Crippen molar-refractivity contribution in [1.29, 1.82) is 0 Å². The van der Waals surface area contributed by atoms with Crippen molar-refractivity contribution in [1.82, 2.24) is 4.98 Å². The van der Waals surface area contributed by atoms with E-state index >= 15 is 0 Å². The summed E-state index contributed by atoms with van der Waals surface area (Å²) in [5, 5.41) is 0. The number of hydrogen-bond donors (Lipinski definition) is 0. The molecule has 1 aromatic heterocycles. The molecule has 0 unspecified atom stereocenters. The van der Waals surface area contributed by atoms with E-state index in [4.69, 9.17) is 0 Å². The summed E-state index contributed by atoms with van der Waals surface area (Å²) in [5.41, 5.74) is 1.66. The predicted octanol–water partition coefficient (Wildman–Crippen LogP) is 2.37. The molecule has 1 heterocycles. The highest BCUT2D eigenvalue weighted by Gasteiger charge is 2.14. The summed E-state index contributed by atoms with van der Waals surface area (Å²) in [6, 6.07) is 3.61. The van der Waals surface area contributed by atoms with Gasteiger partial charge in [0.25, 0.3) is 0 Å². The molecule has 2 rings (SSSR count). The molecule has 0 fully saturated rings. The largest absolute Gasteiger partial charge is 0.289 e. The average Bonchev–Trinajstić information content (AvgIpc) is 2.71. The molecular weight excluding hydrogens is 162 g/mol. The number of carbonyl (C=O) groups excluding carboxylic acids is 1. The molecule has 0 spiro atoms. The zero-order valence-electron chi connectivity index (χ0n) is 7.36. The van der Waals surface area contributed by atoms with Gasteiger partial charge in [0.2, 0.25) is 0 Å². The molecule has 1 aromatic rings. The third kappa shape index (κ3) is 1.66. The molecule has 0 aromatic carbocycles. The zero-order valence-corrected chi connectivity index (χ0v) is 7.36. The maximum atomic E-state index is 11.7. The predicted molar refractivity (Wildman–Crippen MR) is 50.5 cm³/mol. The molecule has 0 aliphatic heterocycles. The van der Waals surface area contributed by atoms with Gasteiger partial charge in [0.05, 0.1) is 0 Å². The van der Waals surface area contributed by atoms with Crippen molar-refractivity contribution in [2.24, 2.45) is 0 Å². The first-order valence-corrected chi connectivity index (χ1v) is 4.52. The fourth-order valence-corrected chi connectivity index (χ4v) is 1.56. The van der Waals surface area contributed by atoms with E-state index in [1.807, 2.05) is 12.1 Å². The number of hydrogen-bond acceptors (Lipinski definition) is 2. The molecule has 2 heteroatoms. The van der Waals surface area contributed by atoms with Gasteiger partial charge in [0.15, 0.2) is 5.78 Å². The zero-order chi connectivity index (χ0) is 9.10. The Bertz CT molecular complexity index is 340. The summed E-state index contributed by atoms with van der Waals surface area (Å²) in [5.74, 6) is 0.144. The van der Waals surface area contributed by atoms with Crippen LogP contribution in [-0.2, 0) is 0 Å². The molecule has 0 saturated heterocycles. The number of nitrogens with zero attached hydrogens (tertiary/aromatic N) is 1. The topological polar surface area (TPSA) is 30.0 Å². The van der Waals surface area contributed by atoms with Crippen molar-refractivity contribution in [2.45, 2.75) is 19.3 Å². The molecule has 2 nitrogen and oxygen atoms in total. The number of carbonyl (C=O) groups is 1. The second-order valence-electron chi connectivity index (χ2n) is 3.19. The van der Waals surface area contributed by atoms with Crippen LogP contribution in [0.1, 0.15) is 29.6 Å². The number of aromatic nitrogens is 1. The van der Waals surface area contributed by atoms with E-state index in [9.17, 15) is 4.79 Å². The van der Waals surface area contributed by atoms with Crippen molar-refractivity contribution in [3.63, 3.8) is 0 Å². The Kier molecular flexibility index (Phi) is 2.21. The number of Topliss-reactive ketones (excluding diaryl/α,β-unsaturated/α-hetero) is 1. The highest BCUT2D eigenvalue weighted by atomic mass is 16.1. The maximum Gasteiger partial charge on any atom is 0.190 e. The first-order valence-electron chi connectivity index (χ1n) is 4.52. The van der Waals surface area contributed by atoms with E-state index in [2.05, 4.69) is 4.98 Å². The molecule has 1 aliphatic carbocycles. The lowest BCUT2D eigenvalue weighted by Crippen LogP contribution is -2.01. The van der Waals surface area contributed by atoms with Gasteiger partial charge in [0.1, 0.15) is 0 Å². The summed E-state index contributed by atoms with van der Waals surface area (Å²) >= 11 is 0. The monoisotopic (exact) mass is 173 g/mol. The van der Waals surface area contributed by atoms with Crippen LogP contribution in [0.5, 0.6) is 0 Å². The van der Waals surface area contributed by atoms with E-state index in [1.54, 1.807) is 18.5 Å². The standard InChI is InChI=1S/C11H11NO/c13-11(9-4-1-2-5-9)10-6-3-7-12-8-10/h3-4,6-8H,1-2,5H2. The highest BCUT2D eigenvalue weighted by molar-refractivity contribution is 6.08. The van der Waals surface area contributed by atoms with Gasteiger partial charge in [-0.1, -0.05) is 6.08 Å². The maximum absolute atomic E-state index is 11.7. The molecule has 0 N–H and O–H groups in total. The molecule has 66 valence electrons. The minimum atomic E-state index is 0.144. The summed E-state index contributed by atoms with van der Waals surface area (Å²) < 4.78 is 0. The SMILES string of the molecule is O=C(C1=CCCC1)c1cccnc1. The fraction of sp³-hybridized carbons (Fsp3) is 0.273. The molecule has 13 heavy (non-hydrogen) atoms. The van der Waals surface area contributed by atoms with Crippen LogP contribution in [0.3, 0.4) is 0 Å². The van der Waals surface area contributed by atoms with Crippen molar-refractivity contribution in [3.05, 3.63) is 41.7 Å². The lowest BCUT2D eigenvalue weighted by atomic mass is 10.1. The van der Waals surface area contributed by atoms with E-state index < -0.39 is 0 Å². The van der Waals surface area contributed by atoms with Crippen molar-refractivity contribution in [2.75, 3.05) is 0 Å². The van der Waals surface area contributed by atoms with Gasteiger partial charge in [-0.25, -0.2) is 0 Å². The number of rotatable bonds is 2. The van der Waals surface area contributed by atoms with Crippen LogP contribution in [0.15, 0.2) is 36.2 Å². The summed E-state index contributed by atoms with van der Waals surface area (Å²) in [7, 11) is 0. The minimum absolute atomic E-state index is 0.144. The lowest BCUT2D eigenvalue weighted by molar-refractivity contribution is 0.103. The van der Waals surface area contributed by atoms with Crippen molar-refractivity contribution < 1.29 is 4.79 Å². The van der Waals surface area contributed by atoms with Crippen LogP contribution in [0.25, 0.3) is 0 Å². The third-order valence-electron chi connectivity index (χ3n) is 2.26. The Morgan fingerprint density at radius 3 is 3.00 bits per heavy atom. The average molecular weight is 173 g/mol. The van der Waals surface area contributed by atoms with Crippen LogP contribution in [-0.4, -0.2) is 10.8 Å². The van der Waals surface area contributed by atoms with Crippen LogP contribution >= 0.6 is 0 Å². The van der Waals surface area contributed by atoms with Crippen LogP contribution in [0.2, 0.25) is 0 Å². The van der Waals surface area contributed by atoms with Gasteiger partial charge >= 0.3 is 0 Å². The smallest absolute Gasteiger partial charge is 0.190 e. The van der Waals surface area contributed by atoms with Crippen LogP contribution < -0.4 is 0 Å². The Morgan fingerprint density at radius 2 is 2.38 bits per heavy atom. The number of allylic oxidation sites excluding steroid dienone is 2. The van der Waals surface area contributed by atoms with Gasteiger partial charge in [-0.3, -0.25) is 9.78 Å². The Balaban J connectivity index is 2.23. The van der Waals surface area contributed by atoms with Gasteiger partial charge in [-0.15, -0.1) is 0 Å². The van der Waals surface area contributed by atoms with Crippen LogP contribution in [0.4, 0.5) is 0 Å². The molecule has 0 bridgehead atoms. The highest BCUT2D eigenvalue weighted by Crippen LogP contribution is 2.21. The second-order valence-corrected chi connectivity index (χ2v) is 3.19. The molecular formula is C11H11NO. The summed E-state index contributed by atoms with van der Waals surface area (Å²) in [6.07, 6.45) is 8.42. The fourth-order valence-electron chi connectivity index (χ4n) is 1.56. The summed E-state index contributed by atoms with van der Waals surface area (Å²) in [4.78, 5) is 15.7. The Hall–Kier alpha value is -1.44. The Labute approximate surface area is 77.3 Å². The Morgan fingerprint density at radius 1 is 1.46 bits per heavy atom. The quantitative estimate of drug-likeness (QED) is 0.643. The van der Waals surface area contributed by atoms with Gasteiger partial charge in [-0.05, 0) is 37.0 Å². The van der Waals surface area contributed by atoms with Gasteiger partial charge in [-0.2, -0.15) is 0 Å². The van der Waals surface area contributed by atoms with Gasteiger partial charge in [0, 0.05) is 18.0 Å². The van der Waals surface area contributed by atoms with Crippen molar-refractivity contribution >= 4 is 5.78 Å². The summed E-state index contributed by atoms with van der Waals surface area (Å²) in [6.45, 7) is 0. The first-order chi connectivity index (χ1) is 6.38. The van der Waals surface area contributed by atoms with E-state index in [0.29, 0.717) is 5.56 Å². The van der Waals surface area contributed by atoms with Crippen LogP contribution in [0, 0.1) is 0 Å².